The molecule has 0 atom stereocenters. The fraction of sp³-hybridized carbons (Fsp3) is 0.929. The van der Waals surface area contributed by atoms with Gasteiger partial charge in [-0.25, -0.2) is 0 Å². The molecule has 0 aromatic carbocycles. The molecule has 0 spiro atoms. The van der Waals surface area contributed by atoms with Gasteiger partial charge in [0, 0.05) is 39.9 Å². The zero-order chi connectivity index (χ0) is 15.5. The van der Waals surface area contributed by atoms with Gasteiger partial charge in [-0.3, -0.25) is 4.99 Å². The lowest BCUT2D eigenvalue weighted by molar-refractivity contribution is -0.0343. The fourth-order valence-electron chi connectivity index (χ4n) is 1.57. The molecule has 0 saturated carbocycles. The average Bonchev–Trinajstić information content (AvgIpc) is 2.36. The van der Waals surface area contributed by atoms with Crippen LogP contribution in [0.5, 0.6) is 0 Å². The number of rotatable bonds is 9. The van der Waals surface area contributed by atoms with Crippen molar-refractivity contribution in [2.45, 2.75) is 51.8 Å². The van der Waals surface area contributed by atoms with Crippen LogP contribution in [-0.4, -0.2) is 62.1 Å². The van der Waals surface area contributed by atoms with Gasteiger partial charge in [0.05, 0.1) is 0 Å². The maximum absolute atomic E-state index is 5.15. The number of nitrogens with zero attached hydrogens (tertiary/aromatic N) is 2. The van der Waals surface area contributed by atoms with Gasteiger partial charge < -0.3 is 19.7 Å². The number of hydrogen-bond donors (Lipinski definition) is 1. The zero-order valence-electron chi connectivity index (χ0n) is 14.0. The molecule has 0 saturated heterocycles. The summed E-state index contributed by atoms with van der Waals surface area (Å²) in [5.74, 6) is 1.96. The minimum absolute atomic E-state index is 0.169. The van der Waals surface area contributed by atoms with E-state index in [-0.39, 0.29) is 5.62 Å². The number of nitrogens with one attached hydrogen (secondary N) is 1. The molecule has 0 aliphatic heterocycles. The van der Waals surface area contributed by atoms with Crippen LogP contribution in [0.2, 0.25) is 0 Å². The average molecular weight is 305 g/mol. The first-order chi connectivity index (χ1) is 9.40. The van der Waals surface area contributed by atoms with E-state index in [1.807, 2.05) is 0 Å². The molecule has 0 bridgehead atoms. The van der Waals surface area contributed by atoms with E-state index in [4.69, 9.17) is 9.47 Å². The van der Waals surface area contributed by atoms with E-state index in [0.29, 0.717) is 12.1 Å². The van der Waals surface area contributed by atoms with Gasteiger partial charge in [0.1, 0.15) is 0 Å². The first-order valence-electron chi connectivity index (χ1n) is 7.13. The molecule has 0 unspecified atom stereocenters. The third kappa shape index (κ3) is 9.44. The van der Waals surface area contributed by atoms with E-state index >= 15 is 0 Å². The maximum atomic E-state index is 5.15. The summed E-state index contributed by atoms with van der Waals surface area (Å²) in [4.78, 5) is 6.81. The standard InChI is InChI=1S/C14H31N3O2S/c1-11(2)15-13(16-12(3)4)17(5)9-8-10-20-14(18-6)19-7/h11-12,14H,8-10H2,1-7H3,(H,15,16). The molecule has 5 nitrogen and oxygen atoms in total. The first-order valence-corrected chi connectivity index (χ1v) is 8.18. The number of guanidine groups is 1. The number of hydrogen-bond acceptors (Lipinski definition) is 4. The second kappa shape index (κ2) is 11.2. The second-order valence-corrected chi connectivity index (χ2v) is 6.38. The van der Waals surface area contributed by atoms with Gasteiger partial charge in [0.15, 0.2) is 5.96 Å². The van der Waals surface area contributed by atoms with Crippen molar-refractivity contribution in [1.82, 2.24) is 10.2 Å². The van der Waals surface area contributed by atoms with Gasteiger partial charge in [-0.2, -0.15) is 0 Å². The summed E-state index contributed by atoms with van der Waals surface area (Å²) in [5.41, 5.74) is -0.169. The molecule has 0 aromatic rings. The number of methoxy groups -OCH3 is 2. The predicted molar refractivity (Wildman–Crippen MR) is 88.4 cm³/mol. The van der Waals surface area contributed by atoms with Gasteiger partial charge >= 0.3 is 0 Å². The van der Waals surface area contributed by atoms with Crippen molar-refractivity contribution in [3.8, 4) is 0 Å². The Morgan fingerprint density at radius 1 is 1.20 bits per heavy atom. The Kier molecular flexibility index (Phi) is 11.0. The molecule has 0 aromatic heterocycles. The van der Waals surface area contributed by atoms with Crippen LogP contribution in [0.1, 0.15) is 34.1 Å². The highest BCUT2D eigenvalue weighted by atomic mass is 32.2. The number of ether oxygens (including phenoxy) is 2. The molecule has 0 aliphatic carbocycles. The van der Waals surface area contributed by atoms with E-state index in [9.17, 15) is 0 Å². The van der Waals surface area contributed by atoms with E-state index in [1.54, 1.807) is 26.0 Å². The van der Waals surface area contributed by atoms with Crippen molar-refractivity contribution in [2.24, 2.45) is 4.99 Å². The van der Waals surface area contributed by atoms with E-state index in [2.05, 4.69) is 50.0 Å². The molecule has 0 rings (SSSR count). The molecule has 0 heterocycles. The van der Waals surface area contributed by atoms with Crippen LogP contribution in [0, 0.1) is 0 Å². The maximum Gasteiger partial charge on any atom is 0.206 e. The first kappa shape index (κ1) is 19.5. The Labute approximate surface area is 128 Å². The van der Waals surface area contributed by atoms with Crippen molar-refractivity contribution in [3.05, 3.63) is 0 Å². The van der Waals surface area contributed by atoms with Crippen LogP contribution < -0.4 is 5.32 Å². The highest BCUT2D eigenvalue weighted by Crippen LogP contribution is 2.13. The van der Waals surface area contributed by atoms with E-state index in [1.165, 1.54) is 0 Å². The monoisotopic (exact) mass is 305 g/mol. The summed E-state index contributed by atoms with van der Waals surface area (Å²) >= 11 is 1.67. The van der Waals surface area contributed by atoms with Crippen molar-refractivity contribution >= 4 is 17.7 Å². The van der Waals surface area contributed by atoms with Crippen molar-refractivity contribution in [3.63, 3.8) is 0 Å². The summed E-state index contributed by atoms with van der Waals surface area (Å²) < 4.78 is 10.3. The van der Waals surface area contributed by atoms with Gasteiger partial charge in [-0.1, -0.05) is 0 Å². The lowest BCUT2D eigenvalue weighted by Crippen LogP contribution is -2.43. The van der Waals surface area contributed by atoms with Gasteiger partial charge in [-0.15, -0.1) is 11.8 Å². The van der Waals surface area contributed by atoms with Gasteiger partial charge in [0.25, 0.3) is 0 Å². The molecule has 1 N–H and O–H groups in total. The van der Waals surface area contributed by atoms with E-state index < -0.39 is 0 Å². The Morgan fingerprint density at radius 2 is 1.80 bits per heavy atom. The quantitative estimate of drug-likeness (QED) is 0.307. The third-order valence-corrected chi connectivity index (χ3v) is 3.62. The summed E-state index contributed by atoms with van der Waals surface area (Å²) in [5, 5.41) is 3.40. The van der Waals surface area contributed by atoms with Crippen molar-refractivity contribution in [2.75, 3.05) is 33.6 Å². The number of aliphatic imine (C=N–C) groups is 1. The van der Waals surface area contributed by atoms with Gasteiger partial charge in [-0.05, 0) is 39.9 Å². The molecule has 0 radical (unpaired) electrons. The Bertz CT molecular complexity index is 269. The molecular weight excluding hydrogens is 274 g/mol. The van der Waals surface area contributed by atoms with Crippen LogP contribution >= 0.6 is 11.8 Å². The number of thioether (sulfide) groups is 1. The topological polar surface area (TPSA) is 46.1 Å². The molecule has 0 fully saturated rings. The lowest BCUT2D eigenvalue weighted by Gasteiger charge is -2.25. The fourth-order valence-corrected chi connectivity index (χ4v) is 2.33. The Hall–Kier alpha value is -0.460. The second-order valence-electron chi connectivity index (χ2n) is 5.25. The van der Waals surface area contributed by atoms with E-state index in [0.717, 1.165) is 24.7 Å². The van der Waals surface area contributed by atoms with Crippen LogP contribution in [0.25, 0.3) is 0 Å². The molecule has 0 amide bonds. The van der Waals surface area contributed by atoms with Crippen molar-refractivity contribution < 1.29 is 9.47 Å². The lowest BCUT2D eigenvalue weighted by atomic mass is 10.4. The van der Waals surface area contributed by atoms with Crippen LogP contribution in [-0.2, 0) is 9.47 Å². The minimum Gasteiger partial charge on any atom is -0.354 e. The molecule has 6 heteroatoms. The SMILES string of the molecule is COC(OC)SCCCN(C)/C(=N/C(C)C)NC(C)C. The minimum atomic E-state index is -0.169. The summed E-state index contributed by atoms with van der Waals surface area (Å²) in [6, 6.07) is 0.676. The predicted octanol–water partition coefficient (Wildman–Crippen LogP) is 2.38. The molecule has 0 aliphatic rings. The van der Waals surface area contributed by atoms with Crippen LogP contribution in [0.15, 0.2) is 4.99 Å². The smallest absolute Gasteiger partial charge is 0.206 e. The summed E-state index contributed by atoms with van der Waals surface area (Å²) in [7, 11) is 5.39. The van der Waals surface area contributed by atoms with Gasteiger partial charge in [0.2, 0.25) is 5.62 Å². The largest absolute Gasteiger partial charge is 0.354 e. The third-order valence-electron chi connectivity index (χ3n) is 2.44. The van der Waals surface area contributed by atoms with Crippen LogP contribution in [0.4, 0.5) is 0 Å². The Morgan fingerprint density at radius 3 is 2.25 bits per heavy atom. The zero-order valence-corrected chi connectivity index (χ0v) is 14.8. The molecular formula is C14H31N3O2S. The molecule has 20 heavy (non-hydrogen) atoms. The van der Waals surface area contributed by atoms with Crippen molar-refractivity contribution in [1.29, 1.82) is 0 Å². The normalized spacial score (nSPS) is 12.6. The highest BCUT2D eigenvalue weighted by Gasteiger charge is 2.10. The summed E-state index contributed by atoms with van der Waals surface area (Å²) in [6.45, 7) is 9.39. The van der Waals surface area contributed by atoms with Crippen LogP contribution in [0.3, 0.4) is 0 Å². The summed E-state index contributed by atoms with van der Waals surface area (Å²) in [6.07, 6.45) is 1.06. The Balaban J connectivity index is 4.16. The highest BCUT2D eigenvalue weighted by molar-refractivity contribution is 7.99. The molecule has 120 valence electrons.